The van der Waals surface area contributed by atoms with Gasteiger partial charge in [-0.25, -0.2) is 0 Å². The molecular weight excluding hydrogens is 432 g/mol. The lowest BCUT2D eigenvalue weighted by molar-refractivity contribution is -0.230. The van der Waals surface area contributed by atoms with Gasteiger partial charge in [0.05, 0.1) is 42.5 Å². The minimum Gasteiger partial charge on any atom is -0.389 e. The van der Waals surface area contributed by atoms with E-state index in [-0.39, 0.29) is 19.8 Å². The Morgan fingerprint density at radius 1 is 0.621 bits per heavy atom. The van der Waals surface area contributed by atoms with Crippen LogP contribution in [0.25, 0.3) is 0 Å². The van der Waals surface area contributed by atoms with E-state index in [1.165, 1.54) is 7.11 Å². The summed E-state index contributed by atoms with van der Waals surface area (Å²) >= 11 is 2.04. The maximum absolute atomic E-state index is 10.5. The first-order valence-electron chi connectivity index (χ1n) is 9.19. The van der Waals surface area contributed by atoms with E-state index < -0.39 is 70.4 Å². The Bertz CT molecular complexity index is 531. The highest BCUT2D eigenvalue weighted by Crippen LogP contribution is 2.38. The van der Waals surface area contributed by atoms with E-state index in [0.29, 0.717) is 0 Å². The molecule has 3 rings (SSSR count). The molecular formula is C16H28O11S2. The molecule has 0 aromatic rings. The van der Waals surface area contributed by atoms with Gasteiger partial charge >= 0.3 is 0 Å². The average Bonchev–Trinajstić information content (AvgIpc) is 2.71. The fourth-order valence-corrected chi connectivity index (χ4v) is 5.95. The standard InChI is InChI=1S/C16H28O11S2/c1-24-14-11(21)9(19)6(3-25-14)28-16-13(23)10(20)7(4-27-16)29-15-12(22)8(18)5(17)2-26-15/h5-23H,2-4H2,1H3/t5-,6-,7-,8+,9+,10+,11-,12-,13-,14+,15+,16+/m1/s1. The van der Waals surface area contributed by atoms with E-state index in [4.69, 9.17) is 18.9 Å². The summed E-state index contributed by atoms with van der Waals surface area (Å²) in [5, 5.41) is 69.3. The van der Waals surface area contributed by atoms with Gasteiger partial charge in [0, 0.05) is 7.11 Å². The first-order valence-corrected chi connectivity index (χ1v) is 11.1. The molecule has 3 saturated heterocycles. The molecule has 12 atom stereocenters. The molecule has 0 bridgehead atoms. The Kier molecular flexibility index (Phi) is 8.45. The molecule has 0 unspecified atom stereocenters. The molecule has 0 spiro atoms. The number of aliphatic hydroxyl groups excluding tert-OH is 7. The van der Waals surface area contributed by atoms with Gasteiger partial charge in [-0.15, -0.1) is 23.5 Å². The number of rotatable bonds is 5. The summed E-state index contributed by atoms with van der Waals surface area (Å²) in [5.41, 5.74) is -1.77. The van der Waals surface area contributed by atoms with Gasteiger partial charge in [-0.2, -0.15) is 0 Å². The molecule has 0 radical (unpaired) electrons. The average molecular weight is 461 g/mol. The molecule has 0 saturated carbocycles. The van der Waals surface area contributed by atoms with Crippen LogP contribution < -0.4 is 0 Å². The normalized spacial score (nSPS) is 51.7. The zero-order valence-electron chi connectivity index (χ0n) is 15.6. The van der Waals surface area contributed by atoms with E-state index >= 15 is 0 Å². The molecule has 3 aliphatic rings. The lowest BCUT2D eigenvalue weighted by Gasteiger charge is -2.43. The van der Waals surface area contributed by atoms with Gasteiger partial charge in [0.2, 0.25) is 0 Å². The molecule has 0 aromatic heterocycles. The summed E-state index contributed by atoms with van der Waals surface area (Å²) in [4.78, 5) is 0. The van der Waals surface area contributed by atoms with Crippen LogP contribution in [0.5, 0.6) is 0 Å². The van der Waals surface area contributed by atoms with Gasteiger partial charge in [-0.3, -0.25) is 0 Å². The first-order chi connectivity index (χ1) is 13.7. The Balaban J connectivity index is 1.54. The first kappa shape index (κ1) is 23.9. The zero-order valence-corrected chi connectivity index (χ0v) is 17.3. The molecule has 7 N–H and O–H groups in total. The summed E-state index contributed by atoms with van der Waals surface area (Å²) < 4.78 is 21.2. The van der Waals surface area contributed by atoms with Gasteiger partial charge in [-0.1, -0.05) is 0 Å². The topological polar surface area (TPSA) is 179 Å². The monoisotopic (exact) mass is 460 g/mol. The zero-order chi connectivity index (χ0) is 21.3. The van der Waals surface area contributed by atoms with Crippen LogP contribution >= 0.6 is 23.5 Å². The predicted octanol–water partition coefficient (Wildman–Crippen LogP) is -3.57. The number of methoxy groups -OCH3 is 1. The largest absolute Gasteiger partial charge is 0.389 e. The lowest BCUT2D eigenvalue weighted by atomic mass is 10.1. The fraction of sp³-hybridized carbons (Fsp3) is 1.00. The number of ether oxygens (including phenoxy) is 4. The second-order valence-electron chi connectivity index (χ2n) is 7.20. The van der Waals surface area contributed by atoms with Crippen LogP contribution in [-0.4, -0.2) is 133 Å². The van der Waals surface area contributed by atoms with Crippen molar-refractivity contribution >= 4 is 23.5 Å². The molecule has 3 aliphatic heterocycles. The maximum atomic E-state index is 10.5. The summed E-state index contributed by atoms with van der Waals surface area (Å²) in [6.45, 7) is -0.0890. The quantitative estimate of drug-likeness (QED) is 0.214. The Morgan fingerprint density at radius 2 is 1.10 bits per heavy atom. The van der Waals surface area contributed by atoms with Crippen molar-refractivity contribution in [2.24, 2.45) is 0 Å². The van der Waals surface area contributed by atoms with Crippen molar-refractivity contribution in [2.45, 2.75) is 70.4 Å². The van der Waals surface area contributed by atoms with Crippen LogP contribution in [0.1, 0.15) is 0 Å². The smallest absolute Gasteiger partial charge is 0.185 e. The SMILES string of the molecule is CO[C@H]1OC[C@@H](S[C@@H]2OC[C@@H](S[C@@H]3OC[C@@H](O)[C@H](O)[C@H]3O)[C@H](O)[C@H]2O)[C@H](O)[C@H]1O. The highest BCUT2D eigenvalue weighted by atomic mass is 32.2. The molecule has 11 nitrogen and oxygen atoms in total. The third-order valence-corrected chi connectivity index (χ3v) is 8.07. The van der Waals surface area contributed by atoms with Crippen molar-refractivity contribution < 1.29 is 54.7 Å². The summed E-state index contributed by atoms with van der Waals surface area (Å²) in [5.74, 6) is 0. The summed E-state index contributed by atoms with van der Waals surface area (Å²) in [6.07, 6.45) is -9.84. The number of thioether (sulfide) groups is 2. The molecule has 0 aliphatic carbocycles. The van der Waals surface area contributed by atoms with Crippen molar-refractivity contribution in [3.8, 4) is 0 Å². The van der Waals surface area contributed by atoms with E-state index in [2.05, 4.69) is 0 Å². The van der Waals surface area contributed by atoms with Gasteiger partial charge in [0.25, 0.3) is 0 Å². The van der Waals surface area contributed by atoms with Gasteiger partial charge in [-0.05, 0) is 0 Å². The second kappa shape index (κ2) is 10.3. The van der Waals surface area contributed by atoms with Gasteiger partial charge in [0.1, 0.15) is 41.4 Å². The third kappa shape index (κ3) is 5.19. The lowest BCUT2D eigenvalue weighted by Crippen LogP contribution is -2.57. The van der Waals surface area contributed by atoms with Crippen molar-refractivity contribution in [1.29, 1.82) is 0 Å². The van der Waals surface area contributed by atoms with E-state index in [9.17, 15) is 35.7 Å². The van der Waals surface area contributed by atoms with Crippen molar-refractivity contribution in [3.05, 3.63) is 0 Å². The molecule has 13 heteroatoms. The highest BCUT2D eigenvalue weighted by Gasteiger charge is 2.47. The Labute approximate surface area is 175 Å². The maximum Gasteiger partial charge on any atom is 0.185 e. The molecule has 3 fully saturated rings. The van der Waals surface area contributed by atoms with Gasteiger partial charge < -0.3 is 54.7 Å². The second-order valence-corrected chi connectivity index (χ2v) is 9.89. The minimum atomic E-state index is -1.37. The van der Waals surface area contributed by atoms with E-state index in [1.807, 2.05) is 0 Å². The molecule has 3 heterocycles. The molecule has 0 amide bonds. The van der Waals surface area contributed by atoms with Crippen LogP contribution in [-0.2, 0) is 18.9 Å². The van der Waals surface area contributed by atoms with Crippen molar-refractivity contribution in [1.82, 2.24) is 0 Å². The Hall–Kier alpha value is 0.260. The fourth-order valence-electron chi connectivity index (χ4n) is 3.35. The number of hydrogen-bond donors (Lipinski definition) is 7. The highest BCUT2D eigenvalue weighted by molar-refractivity contribution is 8.01. The van der Waals surface area contributed by atoms with Crippen LogP contribution in [0.4, 0.5) is 0 Å². The van der Waals surface area contributed by atoms with Crippen LogP contribution in [0, 0.1) is 0 Å². The van der Waals surface area contributed by atoms with Crippen LogP contribution in [0.3, 0.4) is 0 Å². The van der Waals surface area contributed by atoms with E-state index in [1.54, 1.807) is 0 Å². The van der Waals surface area contributed by atoms with Gasteiger partial charge in [0.15, 0.2) is 6.29 Å². The number of aliphatic hydroxyl groups is 7. The van der Waals surface area contributed by atoms with Crippen LogP contribution in [0.15, 0.2) is 0 Å². The third-order valence-electron chi connectivity index (χ3n) is 5.17. The van der Waals surface area contributed by atoms with Crippen molar-refractivity contribution in [3.63, 3.8) is 0 Å². The molecule has 0 aromatic carbocycles. The number of hydrogen-bond acceptors (Lipinski definition) is 13. The predicted molar refractivity (Wildman–Crippen MR) is 101 cm³/mol. The molecule has 170 valence electrons. The van der Waals surface area contributed by atoms with E-state index in [0.717, 1.165) is 23.5 Å². The summed E-state index contributed by atoms with van der Waals surface area (Å²) in [7, 11) is 1.35. The molecule has 29 heavy (non-hydrogen) atoms. The summed E-state index contributed by atoms with van der Waals surface area (Å²) in [6, 6.07) is 0. The van der Waals surface area contributed by atoms with Crippen LogP contribution in [0.2, 0.25) is 0 Å². The van der Waals surface area contributed by atoms with Crippen molar-refractivity contribution in [2.75, 3.05) is 26.9 Å². The minimum absolute atomic E-state index is 0.0126. The Morgan fingerprint density at radius 3 is 1.69 bits per heavy atom.